The molecule has 1 nitrogen and oxygen atoms in total. The van der Waals surface area contributed by atoms with Gasteiger partial charge in [0.1, 0.15) is 0 Å². The van der Waals surface area contributed by atoms with Crippen LogP contribution in [0.2, 0.25) is 0 Å². The Hall–Kier alpha value is -0.340. The Morgan fingerprint density at radius 2 is 2.17 bits per heavy atom. The highest BCUT2D eigenvalue weighted by atomic mass is 32.1. The highest BCUT2D eigenvalue weighted by Crippen LogP contribution is 2.53. The zero-order valence-corrected chi connectivity index (χ0v) is 12.6. The molecule has 2 bridgehead atoms. The van der Waals surface area contributed by atoms with E-state index in [4.69, 9.17) is 0 Å². The number of rotatable bonds is 4. The molecule has 2 aliphatic carbocycles. The Kier molecular flexibility index (Phi) is 3.50. The van der Waals surface area contributed by atoms with Crippen molar-refractivity contribution in [2.45, 2.75) is 52.5 Å². The van der Waals surface area contributed by atoms with Crippen LogP contribution in [0.4, 0.5) is 0 Å². The Morgan fingerprint density at radius 3 is 2.67 bits per heavy atom. The van der Waals surface area contributed by atoms with E-state index in [1.54, 1.807) is 4.88 Å². The van der Waals surface area contributed by atoms with Crippen molar-refractivity contribution in [1.29, 1.82) is 0 Å². The van der Waals surface area contributed by atoms with Crippen molar-refractivity contribution in [1.82, 2.24) is 5.32 Å². The summed E-state index contributed by atoms with van der Waals surface area (Å²) in [6.07, 6.45) is 5.97. The lowest BCUT2D eigenvalue weighted by atomic mass is 9.82. The lowest BCUT2D eigenvalue weighted by Gasteiger charge is -2.31. The van der Waals surface area contributed by atoms with Gasteiger partial charge in [0.15, 0.2) is 0 Å². The summed E-state index contributed by atoms with van der Waals surface area (Å²) >= 11 is 2.01. The summed E-state index contributed by atoms with van der Waals surface area (Å²) < 4.78 is 0. The quantitative estimate of drug-likeness (QED) is 0.846. The number of aryl methyl sites for hydroxylation is 2. The minimum Gasteiger partial charge on any atom is -0.309 e. The molecule has 2 fully saturated rings. The summed E-state index contributed by atoms with van der Waals surface area (Å²) in [5.41, 5.74) is 1.51. The van der Waals surface area contributed by atoms with E-state index >= 15 is 0 Å². The number of hydrogen-bond donors (Lipinski definition) is 1. The summed E-state index contributed by atoms with van der Waals surface area (Å²) in [6, 6.07) is 2.99. The molecule has 4 atom stereocenters. The van der Waals surface area contributed by atoms with Gasteiger partial charge in [-0.25, -0.2) is 0 Å². The lowest BCUT2D eigenvalue weighted by molar-refractivity contribution is 0.255. The van der Waals surface area contributed by atoms with Gasteiger partial charge in [0.2, 0.25) is 0 Å². The van der Waals surface area contributed by atoms with Crippen LogP contribution in [-0.2, 0) is 0 Å². The zero-order valence-electron chi connectivity index (χ0n) is 11.8. The standard InChI is InChI=1S/C16H25NS/c1-4-17-15(16-10(2)7-11(3)18-16)14-9-12-5-6-13(14)8-12/h7,12-15,17H,4-6,8-9H2,1-3H3. The SMILES string of the molecule is CCNC(c1sc(C)cc1C)C1CC2CCC1C2. The van der Waals surface area contributed by atoms with Gasteiger partial charge in [0.05, 0.1) is 0 Å². The van der Waals surface area contributed by atoms with Crippen LogP contribution in [0.3, 0.4) is 0 Å². The van der Waals surface area contributed by atoms with Gasteiger partial charge in [0, 0.05) is 15.8 Å². The van der Waals surface area contributed by atoms with Crippen LogP contribution < -0.4 is 5.32 Å². The minimum atomic E-state index is 0.629. The first kappa shape index (κ1) is 12.7. The van der Waals surface area contributed by atoms with E-state index in [9.17, 15) is 0 Å². The average Bonchev–Trinajstić information content (AvgIpc) is 3.01. The van der Waals surface area contributed by atoms with Crippen molar-refractivity contribution in [3.8, 4) is 0 Å². The highest BCUT2D eigenvalue weighted by Gasteiger charge is 2.43. The molecule has 3 rings (SSSR count). The van der Waals surface area contributed by atoms with Crippen molar-refractivity contribution < 1.29 is 0 Å². The van der Waals surface area contributed by atoms with Gasteiger partial charge in [-0.3, -0.25) is 0 Å². The summed E-state index contributed by atoms with van der Waals surface area (Å²) in [6.45, 7) is 7.87. The second-order valence-electron chi connectivity index (χ2n) is 6.28. The molecule has 0 aromatic carbocycles. The van der Waals surface area contributed by atoms with Crippen LogP contribution in [0, 0.1) is 31.6 Å². The number of fused-ring (bicyclic) bond motifs is 2. The lowest BCUT2D eigenvalue weighted by Crippen LogP contribution is -2.31. The summed E-state index contributed by atoms with van der Waals surface area (Å²) in [4.78, 5) is 3.08. The summed E-state index contributed by atoms with van der Waals surface area (Å²) in [7, 11) is 0. The monoisotopic (exact) mass is 263 g/mol. The maximum Gasteiger partial charge on any atom is 0.0448 e. The van der Waals surface area contributed by atoms with Gasteiger partial charge in [0.25, 0.3) is 0 Å². The predicted octanol–water partition coefficient (Wildman–Crippen LogP) is 4.45. The maximum atomic E-state index is 3.79. The average molecular weight is 263 g/mol. The van der Waals surface area contributed by atoms with E-state index in [1.807, 2.05) is 11.3 Å². The van der Waals surface area contributed by atoms with Crippen LogP contribution >= 0.6 is 11.3 Å². The van der Waals surface area contributed by atoms with Crippen molar-refractivity contribution in [2.75, 3.05) is 6.54 Å². The number of hydrogen-bond acceptors (Lipinski definition) is 2. The Bertz CT molecular complexity index is 423. The molecule has 4 unspecified atom stereocenters. The molecule has 2 aliphatic rings. The summed E-state index contributed by atoms with van der Waals surface area (Å²) in [5, 5.41) is 3.79. The molecule has 0 saturated heterocycles. The highest BCUT2D eigenvalue weighted by molar-refractivity contribution is 7.12. The maximum absolute atomic E-state index is 3.79. The van der Waals surface area contributed by atoms with Crippen molar-refractivity contribution in [3.63, 3.8) is 0 Å². The Morgan fingerprint density at radius 1 is 1.33 bits per heavy atom. The zero-order chi connectivity index (χ0) is 12.7. The second kappa shape index (κ2) is 4.97. The van der Waals surface area contributed by atoms with E-state index < -0.39 is 0 Å². The molecule has 0 aliphatic heterocycles. The van der Waals surface area contributed by atoms with Gasteiger partial charge in [-0.1, -0.05) is 13.3 Å². The first-order valence-corrected chi connectivity index (χ1v) is 8.31. The molecule has 2 heteroatoms. The van der Waals surface area contributed by atoms with Crippen molar-refractivity contribution in [2.24, 2.45) is 17.8 Å². The van der Waals surface area contributed by atoms with Gasteiger partial charge >= 0.3 is 0 Å². The minimum absolute atomic E-state index is 0.629. The van der Waals surface area contributed by atoms with Crippen LogP contribution in [0.1, 0.15) is 54.0 Å². The van der Waals surface area contributed by atoms with E-state index in [-0.39, 0.29) is 0 Å². The molecule has 1 N–H and O–H groups in total. The summed E-state index contributed by atoms with van der Waals surface area (Å²) in [5.74, 6) is 2.95. The van der Waals surface area contributed by atoms with Gasteiger partial charge in [-0.05, 0) is 69.0 Å². The Labute approximate surface area is 115 Å². The van der Waals surface area contributed by atoms with Crippen LogP contribution in [-0.4, -0.2) is 6.54 Å². The molecular formula is C16H25NS. The second-order valence-corrected chi connectivity index (χ2v) is 7.57. The third kappa shape index (κ3) is 2.14. The fourth-order valence-electron chi connectivity index (χ4n) is 4.33. The molecule has 0 spiro atoms. The van der Waals surface area contributed by atoms with Gasteiger partial charge < -0.3 is 5.32 Å². The van der Waals surface area contributed by atoms with E-state index in [2.05, 4.69) is 32.2 Å². The Balaban J connectivity index is 1.86. The molecule has 18 heavy (non-hydrogen) atoms. The third-order valence-corrected chi connectivity index (χ3v) is 6.24. The van der Waals surface area contributed by atoms with Crippen LogP contribution in [0.25, 0.3) is 0 Å². The fraction of sp³-hybridized carbons (Fsp3) is 0.750. The largest absolute Gasteiger partial charge is 0.309 e. The van der Waals surface area contributed by atoms with Crippen LogP contribution in [0.15, 0.2) is 6.07 Å². The first-order valence-electron chi connectivity index (χ1n) is 7.49. The molecule has 100 valence electrons. The van der Waals surface area contributed by atoms with Crippen molar-refractivity contribution in [3.05, 3.63) is 21.4 Å². The van der Waals surface area contributed by atoms with Gasteiger partial charge in [-0.2, -0.15) is 0 Å². The van der Waals surface area contributed by atoms with E-state index in [0.717, 1.165) is 24.3 Å². The smallest absolute Gasteiger partial charge is 0.0448 e. The normalized spacial score (nSPS) is 32.1. The van der Waals surface area contributed by atoms with Crippen molar-refractivity contribution >= 4 is 11.3 Å². The molecule has 2 saturated carbocycles. The molecule has 0 radical (unpaired) electrons. The fourth-order valence-corrected chi connectivity index (χ4v) is 5.52. The molecule has 1 aromatic rings. The molecule has 1 heterocycles. The predicted molar refractivity (Wildman–Crippen MR) is 79.1 cm³/mol. The third-order valence-electron chi connectivity index (χ3n) is 5.01. The number of nitrogens with one attached hydrogen (secondary N) is 1. The van der Waals surface area contributed by atoms with Gasteiger partial charge in [-0.15, -0.1) is 11.3 Å². The molecule has 0 amide bonds. The molecular weight excluding hydrogens is 238 g/mol. The van der Waals surface area contributed by atoms with Crippen LogP contribution in [0.5, 0.6) is 0 Å². The van der Waals surface area contributed by atoms with E-state index in [0.29, 0.717) is 6.04 Å². The topological polar surface area (TPSA) is 12.0 Å². The number of thiophene rings is 1. The first-order chi connectivity index (χ1) is 8.69. The van der Waals surface area contributed by atoms with E-state index in [1.165, 1.54) is 36.1 Å². The molecule has 1 aromatic heterocycles.